The minimum absolute atomic E-state index is 0.00255. The lowest BCUT2D eigenvalue weighted by Gasteiger charge is -2.18. The highest BCUT2D eigenvalue weighted by Gasteiger charge is 2.22. The van der Waals surface area contributed by atoms with Gasteiger partial charge in [0.2, 0.25) is 0 Å². The van der Waals surface area contributed by atoms with E-state index in [1.165, 1.54) is 11.6 Å². The van der Waals surface area contributed by atoms with Gasteiger partial charge in [-0.05, 0) is 60.2 Å². The Balaban J connectivity index is 1.90. The van der Waals surface area contributed by atoms with Crippen LogP contribution in [-0.4, -0.2) is 16.9 Å². The Morgan fingerprint density at radius 1 is 1.13 bits per heavy atom. The van der Waals surface area contributed by atoms with Gasteiger partial charge in [0.05, 0.1) is 5.56 Å². The van der Waals surface area contributed by atoms with Gasteiger partial charge in [0.1, 0.15) is 0 Å². The Labute approximate surface area is 135 Å². The van der Waals surface area contributed by atoms with Gasteiger partial charge in [0.15, 0.2) is 5.78 Å². The summed E-state index contributed by atoms with van der Waals surface area (Å²) in [5.74, 6) is -0.958. The zero-order valence-corrected chi connectivity index (χ0v) is 13.0. The van der Waals surface area contributed by atoms with Gasteiger partial charge in [-0.15, -0.1) is 0 Å². The van der Waals surface area contributed by atoms with E-state index < -0.39 is 5.97 Å². The van der Waals surface area contributed by atoms with Crippen molar-refractivity contribution in [2.24, 2.45) is 0 Å². The topological polar surface area (TPSA) is 54.4 Å². The maximum Gasteiger partial charge on any atom is 0.335 e. The Hall–Kier alpha value is -2.68. The average molecular weight is 306 g/mol. The van der Waals surface area contributed by atoms with Gasteiger partial charge in [0.25, 0.3) is 0 Å². The second-order valence-electron chi connectivity index (χ2n) is 5.77. The van der Waals surface area contributed by atoms with Crippen molar-refractivity contribution in [1.82, 2.24) is 0 Å². The third-order valence-corrected chi connectivity index (χ3v) is 4.28. The van der Waals surface area contributed by atoms with E-state index in [4.69, 9.17) is 5.11 Å². The molecule has 0 aromatic heterocycles. The molecule has 3 nitrogen and oxygen atoms in total. The number of allylic oxidation sites excluding steroid dienone is 1. The van der Waals surface area contributed by atoms with Gasteiger partial charge < -0.3 is 5.11 Å². The molecule has 0 radical (unpaired) electrons. The second-order valence-corrected chi connectivity index (χ2v) is 5.77. The number of aromatic carboxylic acids is 1. The average Bonchev–Trinajstić information content (AvgIpc) is 2.57. The Morgan fingerprint density at radius 2 is 1.87 bits per heavy atom. The van der Waals surface area contributed by atoms with Crippen molar-refractivity contribution in [2.75, 3.05) is 0 Å². The van der Waals surface area contributed by atoms with Gasteiger partial charge >= 0.3 is 5.97 Å². The number of benzene rings is 2. The third kappa shape index (κ3) is 3.09. The maximum atomic E-state index is 12.6. The lowest BCUT2D eigenvalue weighted by Crippen LogP contribution is -2.15. The van der Waals surface area contributed by atoms with Gasteiger partial charge in [0, 0.05) is 11.1 Å². The molecule has 0 unspecified atom stereocenters. The predicted molar refractivity (Wildman–Crippen MR) is 89.8 cm³/mol. The fourth-order valence-electron chi connectivity index (χ4n) is 2.90. The number of Topliss-reactive ketones (excluding diaryl/α,β-unsaturated/α-hetero) is 1. The van der Waals surface area contributed by atoms with Crippen LogP contribution in [0.25, 0.3) is 6.08 Å². The fourth-order valence-corrected chi connectivity index (χ4v) is 2.90. The number of carbonyl (C=O) groups is 2. The summed E-state index contributed by atoms with van der Waals surface area (Å²) in [4.78, 5) is 23.6. The zero-order chi connectivity index (χ0) is 16.4. The Morgan fingerprint density at radius 3 is 2.52 bits per heavy atom. The van der Waals surface area contributed by atoms with Crippen molar-refractivity contribution in [3.05, 3.63) is 75.9 Å². The lowest BCUT2D eigenvalue weighted by molar-refractivity contribution is 0.0696. The summed E-state index contributed by atoms with van der Waals surface area (Å²) in [5.41, 5.74) is 4.76. The summed E-state index contributed by atoms with van der Waals surface area (Å²) in [5, 5.41) is 9.05. The number of fused-ring (bicyclic) bond motifs is 1. The molecule has 116 valence electrons. The van der Waals surface area contributed by atoms with Crippen LogP contribution in [0.1, 0.15) is 50.8 Å². The van der Waals surface area contributed by atoms with Crippen molar-refractivity contribution < 1.29 is 14.7 Å². The Kier molecular flexibility index (Phi) is 4.11. The molecule has 0 heterocycles. The van der Waals surface area contributed by atoms with E-state index in [0.717, 1.165) is 23.1 Å². The van der Waals surface area contributed by atoms with E-state index in [9.17, 15) is 9.59 Å². The molecule has 2 aromatic carbocycles. The smallest absolute Gasteiger partial charge is 0.335 e. The highest BCUT2D eigenvalue weighted by Crippen LogP contribution is 2.27. The van der Waals surface area contributed by atoms with Crippen LogP contribution >= 0.6 is 0 Å². The molecule has 0 saturated carbocycles. The van der Waals surface area contributed by atoms with Crippen molar-refractivity contribution in [1.29, 1.82) is 0 Å². The minimum atomic E-state index is -0.961. The molecule has 23 heavy (non-hydrogen) atoms. The molecule has 0 amide bonds. The van der Waals surface area contributed by atoms with Crippen LogP contribution in [-0.2, 0) is 12.8 Å². The molecule has 0 saturated heterocycles. The zero-order valence-electron chi connectivity index (χ0n) is 13.0. The number of hydrogen-bond donors (Lipinski definition) is 1. The quantitative estimate of drug-likeness (QED) is 0.866. The lowest BCUT2D eigenvalue weighted by atomic mass is 9.85. The first-order valence-corrected chi connectivity index (χ1v) is 7.79. The first-order chi connectivity index (χ1) is 11.1. The number of carboxylic acid groups (broad SMARTS) is 1. The van der Waals surface area contributed by atoms with Gasteiger partial charge in [-0.2, -0.15) is 0 Å². The van der Waals surface area contributed by atoms with E-state index in [0.29, 0.717) is 18.4 Å². The van der Waals surface area contributed by atoms with E-state index >= 15 is 0 Å². The molecule has 1 aliphatic rings. The predicted octanol–water partition coefficient (Wildman–Crippen LogP) is 4.16. The van der Waals surface area contributed by atoms with E-state index in [-0.39, 0.29) is 11.3 Å². The molecule has 0 fully saturated rings. The van der Waals surface area contributed by atoms with Crippen LogP contribution in [0.5, 0.6) is 0 Å². The molecule has 3 rings (SSSR count). The third-order valence-electron chi connectivity index (χ3n) is 4.28. The second kappa shape index (κ2) is 6.21. The summed E-state index contributed by atoms with van der Waals surface area (Å²) >= 11 is 0. The van der Waals surface area contributed by atoms with Crippen molar-refractivity contribution in [2.45, 2.75) is 26.2 Å². The number of rotatable bonds is 3. The molecule has 0 spiro atoms. The summed E-state index contributed by atoms with van der Waals surface area (Å²) < 4.78 is 0. The molecular weight excluding hydrogens is 288 g/mol. The molecule has 2 aromatic rings. The van der Waals surface area contributed by atoms with Crippen LogP contribution in [0.2, 0.25) is 0 Å². The van der Waals surface area contributed by atoms with Crippen LogP contribution in [0.15, 0.2) is 48.0 Å². The van der Waals surface area contributed by atoms with Crippen LogP contribution < -0.4 is 0 Å². The molecular formula is C20H18O3. The number of ketones is 1. The molecule has 3 heteroatoms. The largest absolute Gasteiger partial charge is 0.478 e. The highest BCUT2D eigenvalue weighted by atomic mass is 16.4. The molecule has 1 N–H and O–H groups in total. The first-order valence-electron chi connectivity index (χ1n) is 7.79. The monoisotopic (exact) mass is 306 g/mol. The molecule has 0 aliphatic heterocycles. The normalized spacial score (nSPS) is 15.5. The molecule has 0 atom stereocenters. The minimum Gasteiger partial charge on any atom is -0.478 e. The summed E-state index contributed by atoms with van der Waals surface area (Å²) in [6.07, 6.45) is 4.27. The number of hydrogen-bond acceptors (Lipinski definition) is 2. The SMILES string of the molecule is CCc1ccc(/C=C2\CCc3cc(C(=O)O)ccc3C2=O)cc1. The summed E-state index contributed by atoms with van der Waals surface area (Å²) in [6, 6.07) is 13.0. The molecule has 1 aliphatic carbocycles. The van der Waals surface area contributed by atoms with Gasteiger partial charge in [-0.25, -0.2) is 4.79 Å². The number of aryl methyl sites for hydroxylation is 2. The number of carboxylic acids is 1. The van der Waals surface area contributed by atoms with E-state index in [1.807, 2.05) is 18.2 Å². The first kappa shape index (κ1) is 15.2. The van der Waals surface area contributed by atoms with Crippen LogP contribution in [0.3, 0.4) is 0 Å². The maximum absolute atomic E-state index is 12.6. The highest BCUT2D eigenvalue weighted by molar-refractivity contribution is 6.13. The van der Waals surface area contributed by atoms with Gasteiger partial charge in [-0.3, -0.25) is 4.79 Å². The standard InChI is InChI=1S/C20H18O3/c1-2-13-3-5-14(6-4-13)11-16-8-7-15-12-17(20(22)23)9-10-18(15)19(16)21/h3-6,9-12H,2,7-8H2,1H3,(H,22,23)/b16-11+. The van der Waals surface area contributed by atoms with Crippen molar-refractivity contribution >= 4 is 17.8 Å². The number of carbonyl (C=O) groups excluding carboxylic acids is 1. The van der Waals surface area contributed by atoms with Gasteiger partial charge in [-0.1, -0.05) is 31.2 Å². The Bertz CT molecular complexity index is 798. The summed E-state index contributed by atoms with van der Waals surface area (Å²) in [6.45, 7) is 2.11. The van der Waals surface area contributed by atoms with E-state index in [1.54, 1.807) is 12.1 Å². The summed E-state index contributed by atoms with van der Waals surface area (Å²) in [7, 11) is 0. The molecule has 0 bridgehead atoms. The van der Waals surface area contributed by atoms with Crippen molar-refractivity contribution in [3.63, 3.8) is 0 Å². The van der Waals surface area contributed by atoms with E-state index in [2.05, 4.69) is 19.1 Å². The van der Waals surface area contributed by atoms with Crippen LogP contribution in [0.4, 0.5) is 0 Å². The van der Waals surface area contributed by atoms with Crippen LogP contribution in [0, 0.1) is 0 Å². The fraction of sp³-hybridized carbons (Fsp3) is 0.200. The van der Waals surface area contributed by atoms with Crippen molar-refractivity contribution in [3.8, 4) is 0 Å².